The summed E-state index contributed by atoms with van der Waals surface area (Å²) in [6.45, 7) is 0.640. The van der Waals surface area contributed by atoms with E-state index in [1.807, 2.05) is 0 Å². The van der Waals surface area contributed by atoms with Crippen molar-refractivity contribution in [3.8, 4) is 0 Å². The molecule has 0 aliphatic carbocycles. The number of pyridine rings is 1. The largest absolute Gasteiger partial charge is 0.329 e. The Morgan fingerprint density at radius 3 is 2.76 bits per heavy atom. The van der Waals surface area contributed by atoms with E-state index >= 15 is 0 Å². The number of hydrogen-bond acceptors (Lipinski definition) is 6. The number of rotatable bonds is 3. The Morgan fingerprint density at radius 1 is 1.36 bits per heavy atom. The normalized spacial score (nSPS) is 18.9. The van der Waals surface area contributed by atoms with Crippen LogP contribution in [0, 0.1) is 0 Å². The second kappa shape index (κ2) is 7.24. The van der Waals surface area contributed by atoms with Crippen molar-refractivity contribution in [1.82, 2.24) is 18.8 Å². The van der Waals surface area contributed by atoms with E-state index in [9.17, 15) is 18.0 Å². The van der Waals surface area contributed by atoms with Crippen LogP contribution < -0.4 is 17.0 Å². The molecule has 25 heavy (non-hydrogen) atoms. The van der Waals surface area contributed by atoms with Gasteiger partial charge in [0.05, 0.1) is 5.39 Å². The summed E-state index contributed by atoms with van der Waals surface area (Å²) in [5.74, 6) is 0. The fourth-order valence-corrected chi connectivity index (χ4v) is 4.70. The first-order valence-corrected chi connectivity index (χ1v) is 9.11. The van der Waals surface area contributed by atoms with Crippen molar-refractivity contribution in [3.05, 3.63) is 33.1 Å². The molecule has 1 aliphatic rings. The fourth-order valence-electron chi connectivity index (χ4n) is 3.02. The van der Waals surface area contributed by atoms with Gasteiger partial charge in [-0.1, -0.05) is 6.42 Å². The number of halogens is 1. The quantitative estimate of drug-likeness (QED) is 0.730. The first kappa shape index (κ1) is 19.6. The summed E-state index contributed by atoms with van der Waals surface area (Å²) < 4.78 is 28.4. The number of nitrogens with one attached hydrogen (secondary N) is 1. The molecule has 1 saturated heterocycles. The molecular formula is C14H20ClN5O4S. The Balaban J connectivity index is 0.00000225. The smallest absolute Gasteiger partial charge is 0.329 e. The predicted molar refractivity (Wildman–Crippen MR) is 95.4 cm³/mol. The lowest BCUT2D eigenvalue weighted by Gasteiger charge is -2.33. The fraction of sp³-hybridized carbons (Fsp3) is 0.500. The van der Waals surface area contributed by atoms with E-state index in [1.165, 1.54) is 23.6 Å². The standard InChI is InChI=1S/C14H19N5O4S.ClH/c1-18-12-11(13(20)17-14(18)21)6-10(8-16-12)24(22,23)19-5-3-2-4-9(19)7-15;/h6,8-9H,2-5,7,15H2,1H3,(H,17,20,21);1H. The van der Waals surface area contributed by atoms with Crippen LogP contribution in [0.25, 0.3) is 11.0 Å². The van der Waals surface area contributed by atoms with Gasteiger partial charge in [0, 0.05) is 32.4 Å². The summed E-state index contributed by atoms with van der Waals surface area (Å²) in [4.78, 5) is 29.7. The van der Waals surface area contributed by atoms with Crippen LogP contribution in [0.15, 0.2) is 26.7 Å². The number of aromatic amines is 1. The number of H-pyrrole nitrogens is 1. The molecule has 1 aliphatic heterocycles. The molecule has 1 atom stereocenters. The Labute approximate surface area is 150 Å². The topological polar surface area (TPSA) is 131 Å². The van der Waals surface area contributed by atoms with E-state index in [1.54, 1.807) is 0 Å². The van der Waals surface area contributed by atoms with Gasteiger partial charge >= 0.3 is 5.69 Å². The third-order valence-corrected chi connectivity index (χ3v) is 6.30. The van der Waals surface area contributed by atoms with E-state index in [4.69, 9.17) is 5.73 Å². The monoisotopic (exact) mass is 389 g/mol. The van der Waals surface area contributed by atoms with E-state index in [0.717, 1.165) is 17.4 Å². The van der Waals surface area contributed by atoms with Gasteiger partial charge in [0.15, 0.2) is 0 Å². The van der Waals surface area contributed by atoms with E-state index in [-0.39, 0.29) is 40.9 Å². The summed E-state index contributed by atoms with van der Waals surface area (Å²) in [7, 11) is -2.35. The first-order chi connectivity index (χ1) is 11.4. The molecule has 1 fully saturated rings. The number of nitrogens with zero attached hydrogens (tertiary/aromatic N) is 3. The molecule has 1 unspecified atom stereocenters. The molecule has 2 aromatic heterocycles. The van der Waals surface area contributed by atoms with E-state index < -0.39 is 21.3 Å². The maximum absolute atomic E-state index is 12.9. The highest BCUT2D eigenvalue weighted by atomic mass is 35.5. The maximum atomic E-state index is 12.9. The molecule has 0 bridgehead atoms. The Hall–Kier alpha value is -1.75. The third-order valence-electron chi connectivity index (χ3n) is 4.38. The summed E-state index contributed by atoms with van der Waals surface area (Å²) >= 11 is 0. The average molecular weight is 390 g/mol. The van der Waals surface area contributed by atoms with Crippen molar-refractivity contribution in [2.24, 2.45) is 12.8 Å². The summed E-state index contributed by atoms with van der Waals surface area (Å²) in [6.07, 6.45) is 3.60. The van der Waals surface area contributed by atoms with Crippen LogP contribution in [0.4, 0.5) is 0 Å². The summed E-state index contributed by atoms with van der Waals surface area (Å²) in [5.41, 5.74) is 4.58. The highest BCUT2D eigenvalue weighted by Gasteiger charge is 2.33. The van der Waals surface area contributed by atoms with Crippen LogP contribution in [0.5, 0.6) is 0 Å². The van der Waals surface area contributed by atoms with Gasteiger partial charge < -0.3 is 5.73 Å². The molecule has 0 saturated carbocycles. The van der Waals surface area contributed by atoms with E-state index in [2.05, 4.69) is 9.97 Å². The van der Waals surface area contributed by atoms with Crippen LogP contribution in [-0.2, 0) is 17.1 Å². The molecule has 3 N–H and O–H groups in total. The molecule has 3 rings (SSSR count). The number of fused-ring (bicyclic) bond motifs is 1. The van der Waals surface area contributed by atoms with Crippen LogP contribution in [-0.4, -0.2) is 46.4 Å². The lowest BCUT2D eigenvalue weighted by Crippen LogP contribution is -2.47. The Bertz CT molecular complexity index is 1000. The van der Waals surface area contributed by atoms with Crippen molar-refractivity contribution in [2.75, 3.05) is 13.1 Å². The van der Waals surface area contributed by atoms with E-state index in [0.29, 0.717) is 13.0 Å². The lowest BCUT2D eigenvalue weighted by molar-refractivity contribution is 0.257. The highest BCUT2D eigenvalue weighted by molar-refractivity contribution is 7.89. The summed E-state index contributed by atoms with van der Waals surface area (Å²) in [6, 6.07) is 1.01. The molecule has 2 aromatic rings. The molecule has 138 valence electrons. The van der Waals surface area contributed by atoms with Gasteiger partial charge in [0.25, 0.3) is 5.56 Å². The Morgan fingerprint density at radius 2 is 2.08 bits per heavy atom. The van der Waals surface area contributed by atoms with Crippen molar-refractivity contribution < 1.29 is 8.42 Å². The SMILES string of the molecule is Cl.Cn1c(=O)[nH]c(=O)c2cc(S(=O)(=O)N3CCCCC3CN)cnc21. The minimum atomic E-state index is -3.80. The number of piperidine rings is 1. The highest BCUT2D eigenvalue weighted by Crippen LogP contribution is 2.25. The van der Waals surface area contributed by atoms with Gasteiger partial charge in [-0.2, -0.15) is 4.31 Å². The molecule has 0 radical (unpaired) electrons. The van der Waals surface area contributed by atoms with Gasteiger partial charge in [0.2, 0.25) is 10.0 Å². The van der Waals surface area contributed by atoms with Gasteiger partial charge in [-0.15, -0.1) is 12.4 Å². The van der Waals surface area contributed by atoms with Crippen molar-refractivity contribution in [3.63, 3.8) is 0 Å². The number of aryl methyl sites for hydroxylation is 1. The molecule has 0 aromatic carbocycles. The number of hydrogen-bond donors (Lipinski definition) is 2. The molecule has 0 spiro atoms. The molecule has 3 heterocycles. The van der Waals surface area contributed by atoms with Crippen LogP contribution in [0.2, 0.25) is 0 Å². The Kier molecular flexibility index (Phi) is 5.67. The molecule has 11 heteroatoms. The number of nitrogens with two attached hydrogens (primary N) is 1. The van der Waals surface area contributed by atoms with Gasteiger partial charge in [-0.3, -0.25) is 14.3 Å². The predicted octanol–water partition coefficient (Wildman–Crippen LogP) is -0.454. The maximum Gasteiger partial charge on any atom is 0.329 e. The zero-order chi connectivity index (χ0) is 17.5. The van der Waals surface area contributed by atoms with Crippen molar-refractivity contribution in [1.29, 1.82) is 0 Å². The van der Waals surface area contributed by atoms with Gasteiger partial charge in [0.1, 0.15) is 10.5 Å². The van der Waals surface area contributed by atoms with Crippen molar-refractivity contribution >= 4 is 33.5 Å². The second-order valence-electron chi connectivity index (χ2n) is 5.86. The van der Waals surface area contributed by atoms with Crippen LogP contribution >= 0.6 is 12.4 Å². The summed E-state index contributed by atoms with van der Waals surface area (Å²) in [5, 5.41) is 0.0551. The third kappa shape index (κ3) is 3.34. The lowest BCUT2D eigenvalue weighted by atomic mass is 10.1. The van der Waals surface area contributed by atoms with Gasteiger partial charge in [-0.05, 0) is 18.9 Å². The van der Waals surface area contributed by atoms with Crippen LogP contribution in [0.3, 0.4) is 0 Å². The molecule has 0 amide bonds. The molecule has 9 nitrogen and oxygen atoms in total. The zero-order valence-electron chi connectivity index (χ0n) is 13.6. The number of sulfonamides is 1. The molecular weight excluding hydrogens is 370 g/mol. The minimum Gasteiger partial charge on any atom is -0.329 e. The zero-order valence-corrected chi connectivity index (χ0v) is 15.3. The second-order valence-corrected chi connectivity index (χ2v) is 7.75. The first-order valence-electron chi connectivity index (χ1n) is 7.67. The minimum absolute atomic E-state index is 0. The van der Waals surface area contributed by atoms with Crippen molar-refractivity contribution in [2.45, 2.75) is 30.2 Å². The van der Waals surface area contributed by atoms with Gasteiger partial charge in [-0.25, -0.2) is 18.2 Å². The number of aromatic nitrogens is 3. The van der Waals surface area contributed by atoms with Crippen LogP contribution in [0.1, 0.15) is 19.3 Å². The average Bonchev–Trinajstić information content (AvgIpc) is 2.59.